The van der Waals surface area contributed by atoms with E-state index < -0.39 is 0 Å². The largest absolute Gasteiger partial charge is 0.396 e. The summed E-state index contributed by atoms with van der Waals surface area (Å²) in [6.07, 6.45) is 7.27. The van der Waals surface area contributed by atoms with E-state index >= 15 is 0 Å². The van der Waals surface area contributed by atoms with E-state index in [1.807, 2.05) is 47.4 Å². The first-order valence-electron chi connectivity index (χ1n) is 8.07. The van der Waals surface area contributed by atoms with E-state index in [1.54, 1.807) is 0 Å². The summed E-state index contributed by atoms with van der Waals surface area (Å²) in [5, 5.41) is 9.03. The lowest BCUT2D eigenvalue weighted by atomic mass is 10.1. The number of amides is 1. The summed E-state index contributed by atoms with van der Waals surface area (Å²) in [5.41, 5.74) is 7.04. The van der Waals surface area contributed by atoms with Crippen molar-refractivity contribution in [2.45, 2.75) is 31.7 Å². The van der Waals surface area contributed by atoms with Gasteiger partial charge in [0.25, 0.3) is 0 Å². The van der Waals surface area contributed by atoms with Gasteiger partial charge in [-0.1, -0.05) is 42.5 Å². The smallest absolute Gasteiger partial charge is 0.226 e. The van der Waals surface area contributed by atoms with E-state index in [-0.39, 0.29) is 24.5 Å². The van der Waals surface area contributed by atoms with Crippen molar-refractivity contribution in [1.82, 2.24) is 4.90 Å². The molecule has 1 amide bonds. The van der Waals surface area contributed by atoms with Crippen molar-refractivity contribution in [3.05, 3.63) is 42.0 Å². The molecule has 120 valence electrons. The van der Waals surface area contributed by atoms with Crippen LogP contribution in [-0.4, -0.2) is 41.7 Å². The highest BCUT2D eigenvalue weighted by molar-refractivity contribution is 5.79. The molecule has 4 heteroatoms. The van der Waals surface area contributed by atoms with Gasteiger partial charge >= 0.3 is 0 Å². The average Bonchev–Trinajstić information content (AvgIpc) is 2.97. The number of carbonyl (C=O) groups is 1. The molecule has 0 aromatic heterocycles. The van der Waals surface area contributed by atoms with Crippen LogP contribution in [0, 0.1) is 5.92 Å². The molecule has 0 spiro atoms. The lowest BCUT2D eigenvalue weighted by molar-refractivity contribution is -0.135. The molecule has 0 heterocycles. The quantitative estimate of drug-likeness (QED) is 0.810. The molecule has 1 aliphatic carbocycles. The van der Waals surface area contributed by atoms with Crippen LogP contribution in [0.15, 0.2) is 36.4 Å². The Balaban J connectivity index is 1.93. The minimum Gasteiger partial charge on any atom is -0.396 e. The van der Waals surface area contributed by atoms with Gasteiger partial charge in [-0.15, -0.1) is 0 Å². The molecule has 1 aromatic rings. The van der Waals surface area contributed by atoms with E-state index in [2.05, 4.69) is 0 Å². The number of nitrogens with two attached hydrogens (primary N) is 1. The van der Waals surface area contributed by atoms with Gasteiger partial charge in [-0.25, -0.2) is 0 Å². The number of carbonyl (C=O) groups excluding carboxylic acids is 1. The van der Waals surface area contributed by atoms with Crippen molar-refractivity contribution in [1.29, 1.82) is 0 Å². The Bertz CT molecular complexity index is 487. The summed E-state index contributed by atoms with van der Waals surface area (Å²) in [6, 6.07) is 10.2. The first kappa shape index (κ1) is 16.7. The summed E-state index contributed by atoms with van der Waals surface area (Å²) in [5.74, 6) is 0.234. The zero-order valence-electron chi connectivity index (χ0n) is 13.0. The Labute approximate surface area is 132 Å². The van der Waals surface area contributed by atoms with Crippen molar-refractivity contribution in [3.63, 3.8) is 0 Å². The molecule has 1 aromatic carbocycles. The predicted octanol–water partition coefficient (Wildman–Crippen LogP) is 2.04. The number of rotatable bonds is 7. The number of aliphatic hydroxyl groups excluding tert-OH is 1. The second-order valence-electron chi connectivity index (χ2n) is 5.94. The van der Waals surface area contributed by atoms with Crippen LogP contribution < -0.4 is 5.73 Å². The van der Waals surface area contributed by atoms with Crippen LogP contribution in [0.3, 0.4) is 0 Å². The summed E-state index contributed by atoms with van der Waals surface area (Å²) < 4.78 is 0. The molecular formula is C18H26N2O2. The van der Waals surface area contributed by atoms with Crippen molar-refractivity contribution < 1.29 is 9.90 Å². The van der Waals surface area contributed by atoms with Gasteiger partial charge in [0.05, 0.1) is 0 Å². The minimum absolute atomic E-state index is 0.0545. The van der Waals surface area contributed by atoms with Crippen molar-refractivity contribution in [2.24, 2.45) is 11.7 Å². The lowest BCUT2D eigenvalue weighted by Crippen LogP contribution is -2.37. The third kappa shape index (κ3) is 4.97. The normalized spacial score (nSPS) is 21.4. The van der Waals surface area contributed by atoms with Gasteiger partial charge in [-0.3, -0.25) is 4.79 Å². The second kappa shape index (κ2) is 8.71. The zero-order valence-corrected chi connectivity index (χ0v) is 13.0. The molecule has 2 atom stereocenters. The van der Waals surface area contributed by atoms with E-state index in [9.17, 15) is 4.79 Å². The van der Waals surface area contributed by atoms with Gasteiger partial charge in [0.2, 0.25) is 5.91 Å². The summed E-state index contributed by atoms with van der Waals surface area (Å²) in [6.45, 7) is 1.29. The van der Waals surface area contributed by atoms with Gasteiger partial charge in [-0.05, 0) is 31.2 Å². The first-order chi connectivity index (χ1) is 10.7. The fourth-order valence-corrected chi connectivity index (χ4v) is 2.93. The third-order valence-electron chi connectivity index (χ3n) is 4.16. The SMILES string of the molecule is N[C@@H]1CC[C@H](C(=O)N(C/C=C/c2ccccc2)CCCO)C1. The molecular weight excluding hydrogens is 276 g/mol. The van der Waals surface area contributed by atoms with Crippen LogP contribution in [0.4, 0.5) is 0 Å². The van der Waals surface area contributed by atoms with Gasteiger partial charge in [0.15, 0.2) is 0 Å². The molecule has 4 nitrogen and oxygen atoms in total. The number of nitrogens with zero attached hydrogens (tertiary/aromatic N) is 1. The molecule has 0 unspecified atom stereocenters. The third-order valence-corrected chi connectivity index (χ3v) is 4.16. The molecule has 2 rings (SSSR count). The summed E-state index contributed by atoms with van der Waals surface area (Å²) in [4.78, 5) is 14.4. The van der Waals surface area contributed by atoms with Crippen molar-refractivity contribution >= 4 is 12.0 Å². The lowest BCUT2D eigenvalue weighted by Gasteiger charge is -2.24. The van der Waals surface area contributed by atoms with Crippen molar-refractivity contribution in [3.8, 4) is 0 Å². The second-order valence-corrected chi connectivity index (χ2v) is 5.94. The Morgan fingerprint density at radius 1 is 1.32 bits per heavy atom. The summed E-state index contributed by atoms with van der Waals surface area (Å²) >= 11 is 0. The maximum absolute atomic E-state index is 12.6. The van der Waals surface area contributed by atoms with Crippen molar-refractivity contribution in [2.75, 3.05) is 19.7 Å². The molecule has 0 aliphatic heterocycles. The van der Waals surface area contributed by atoms with Crippen LogP contribution in [0.1, 0.15) is 31.2 Å². The number of aliphatic hydroxyl groups is 1. The van der Waals surface area contributed by atoms with Crippen LogP contribution in [-0.2, 0) is 4.79 Å². The van der Waals surface area contributed by atoms with E-state index in [0.717, 1.165) is 24.8 Å². The Morgan fingerprint density at radius 2 is 2.09 bits per heavy atom. The van der Waals surface area contributed by atoms with E-state index in [4.69, 9.17) is 10.8 Å². The molecule has 22 heavy (non-hydrogen) atoms. The van der Waals surface area contributed by atoms with Crippen LogP contribution in [0.25, 0.3) is 6.08 Å². The van der Waals surface area contributed by atoms with Crippen LogP contribution >= 0.6 is 0 Å². The standard InChI is InChI=1S/C18H26N2O2/c19-17-10-9-16(14-17)18(22)20(12-5-13-21)11-4-8-15-6-2-1-3-7-15/h1-4,6-8,16-17,21H,5,9-14,19H2/b8-4+/t16-,17+/m0/s1. The number of hydrogen-bond acceptors (Lipinski definition) is 3. The Kier molecular flexibility index (Phi) is 6.62. The number of hydrogen-bond donors (Lipinski definition) is 2. The van der Waals surface area contributed by atoms with Gasteiger partial charge < -0.3 is 15.7 Å². The minimum atomic E-state index is 0.0545. The molecule has 0 saturated heterocycles. The highest BCUT2D eigenvalue weighted by Gasteiger charge is 2.30. The average molecular weight is 302 g/mol. The molecule has 0 radical (unpaired) electrons. The monoisotopic (exact) mass is 302 g/mol. The maximum atomic E-state index is 12.6. The van der Waals surface area contributed by atoms with Crippen LogP contribution in [0.5, 0.6) is 0 Å². The summed E-state index contributed by atoms with van der Waals surface area (Å²) in [7, 11) is 0. The number of benzene rings is 1. The molecule has 0 bridgehead atoms. The highest BCUT2D eigenvalue weighted by atomic mass is 16.3. The fourth-order valence-electron chi connectivity index (χ4n) is 2.93. The highest BCUT2D eigenvalue weighted by Crippen LogP contribution is 2.26. The predicted molar refractivity (Wildman–Crippen MR) is 89.1 cm³/mol. The molecule has 1 saturated carbocycles. The van der Waals surface area contributed by atoms with Gasteiger partial charge in [-0.2, -0.15) is 0 Å². The Morgan fingerprint density at radius 3 is 2.73 bits per heavy atom. The topological polar surface area (TPSA) is 66.6 Å². The Hall–Kier alpha value is -1.65. The van der Waals surface area contributed by atoms with Crippen LogP contribution in [0.2, 0.25) is 0 Å². The van der Waals surface area contributed by atoms with Gasteiger partial charge in [0.1, 0.15) is 0 Å². The first-order valence-corrected chi connectivity index (χ1v) is 8.07. The van der Waals surface area contributed by atoms with E-state index in [1.165, 1.54) is 0 Å². The molecule has 1 fully saturated rings. The van der Waals surface area contributed by atoms with Gasteiger partial charge in [0, 0.05) is 31.7 Å². The molecule has 1 aliphatic rings. The maximum Gasteiger partial charge on any atom is 0.226 e. The van der Waals surface area contributed by atoms with E-state index in [0.29, 0.717) is 19.5 Å². The molecule has 3 N–H and O–H groups in total. The fraction of sp³-hybridized carbons (Fsp3) is 0.500. The zero-order chi connectivity index (χ0) is 15.8.